The number of benzene rings is 1. The zero-order valence-electron chi connectivity index (χ0n) is 8.42. The average Bonchev–Trinajstić information content (AvgIpc) is 2.26. The van der Waals surface area contributed by atoms with Crippen molar-refractivity contribution in [1.29, 1.82) is 0 Å². The Kier molecular flexibility index (Phi) is 4.37. The molecule has 0 saturated heterocycles. The first-order valence-electron chi connectivity index (χ1n) is 4.41. The molecule has 4 heteroatoms. The summed E-state index contributed by atoms with van der Waals surface area (Å²) in [6, 6.07) is 5.25. The molecule has 3 nitrogen and oxygen atoms in total. The van der Waals surface area contributed by atoms with Crippen LogP contribution < -0.4 is 10.1 Å². The van der Waals surface area contributed by atoms with E-state index < -0.39 is 0 Å². The Bertz CT molecular complexity index is 377. The van der Waals surface area contributed by atoms with Crippen LogP contribution in [0.25, 0.3) is 0 Å². The van der Waals surface area contributed by atoms with Crippen LogP contribution >= 0.6 is 15.9 Å². The van der Waals surface area contributed by atoms with Crippen molar-refractivity contribution in [2.45, 2.75) is 0 Å². The molecule has 1 N–H and O–H groups in total. The number of hydrogen-bond donors (Lipinski definition) is 1. The minimum absolute atomic E-state index is 0.152. The third-order valence-electron chi connectivity index (χ3n) is 1.83. The first-order chi connectivity index (χ1) is 7.19. The number of carbonyl (C=O) groups is 1. The van der Waals surface area contributed by atoms with E-state index in [0.29, 0.717) is 17.9 Å². The van der Waals surface area contributed by atoms with Gasteiger partial charge in [0.2, 0.25) is 0 Å². The molecular formula is C11H12BrNO2. The molecule has 0 aliphatic rings. The fourth-order valence-corrected chi connectivity index (χ4v) is 1.49. The minimum atomic E-state index is -0.152. The van der Waals surface area contributed by atoms with Gasteiger partial charge in [0.25, 0.3) is 5.91 Å². The van der Waals surface area contributed by atoms with Crippen LogP contribution in [0.2, 0.25) is 0 Å². The second-order valence-electron chi connectivity index (χ2n) is 2.84. The van der Waals surface area contributed by atoms with Gasteiger partial charge in [-0.15, -0.1) is 6.58 Å². The van der Waals surface area contributed by atoms with Crippen molar-refractivity contribution in [3.63, 3.8) is 0 Å². The van der Waals surface area contributed by atoms with Crippen LogP contribution in [0.1, 0.15) is 10.4 Å². The first kappa shape index (κ1) is 11.8. The Morgan fingerprint density at radius 3 is 3.00 bits per heavy atom. The monoisotopic (exact) mass is 269 g/mol. The van der Waals surface area contributed by atoms with E-state index >= 15 is 0 Å². The fourth-order valence-electron chi connectivity index (χ4n) is 1.07. The molecule has 0 unspecified atom stereocenters. The molecular weight excluding hydrogens is 258 g/mol. The van der Waals surface area contributed by atoms with Crippen molar-refractivity contribution >= 4 is 21.8 Å². The topological polar surface area (TPSA) is 38.3 Å². The largest absolute Gasteiger partial charge is 0.497 e. The van der Waals surface area contributed by atoms with E-state index in [0.717, 1.165) is 4.47 Å². The normalized spacial score (nSPS) is 9.47. The Hall–Kier alpha value is -1.29. The lowest BCUT2D eigenvalue weighted by atomic mass is 10.2. The highest BCUT2D eigenvalue weighted by molar-refractivity contribution is 9.10. The van der Waals surface area contributed by atoms with E-state index in [1.54, 1.807) is 31.4 Å². The van der Waals surface area contributed by atoms with Crippen molar-refractivity contribution in [1.82, 2.24) is 5.32 Å². The van der Waals surface area contributed by atoms with E-state index in [2.05, 4.69) is 27.8 Å². The van der Waals surface area contributed by atoms with Crippen molar-refractivity contribution in [2.75, 3.05) is 13.7 Å². The van der Waals surface area contributed by atoms with Crippen LogP contribution in [0.3, 0.4) is 0 Å². The predicted molar refractivity (Wildman–Crippen MR) is 63.2 cm³/mol. The Balaban J connectivity index is 2.91. The molecule has 0 aromatic heterocycles. The molecule has 1 aromatic rings. The minimum Gasteiger partial charge on any atom is -0.497 e. The van der Waals surface area contributed by atoms with Crippen LogP contribution in [0.5, 0.6) is 5.75 Å². The molecule has 0 spiro atoms. The Morgan fingerprint density at radius 1 is 1.67 bits per heavy atom. The first-order valence-corrected chi connectivity index (χ1v) is 5.21. The molecule has 80 valence electrons. The summed E-state index contributed by atoms with van der Waals surface area (Å²) in [6.45, 7) is 3.98. The molecule has 1 aromatic carbocycles. The summed E-state index contributed by atoms with van der Waals surface area (Å²) in [5.74, 6) is 0.502. The highest BCUT2D eigenvalue weighted by Gasteiger charge is 2.09. The summed E-state index contributed by atoms with van der Waals surface area (Å²) in [5.41, 5.74) is 0.552. The highest BCUT2D eigenvalue weighted by atomic mass is 79.9. The quantitative estimate of drug-likeness (QED) is 0.853. The molecule has 0 atom stereocenters. The SMILES string of the molecule is C=CCNC(=O)c1cc(OC)ccc1Br. The number of ether oxygens (including phenoxy) is 1. The number of nitrogens with one attached hydrogen (secondary N) is 1. The van der Waals surface area contributed by atoms with E-state index in [9.17, 15) is 4.79 Å². The van der Waals surface area contributed by atoms with Crippen molar-refractivity contribution in [2.24, 2.45) is 0 Å². The maximum atomic E-state index is 11.6. The van der Waals surface area contributed by atoms with Gasteiger partial charge in [-0.1, -0.05) is 6.08 Å². The van der Waals surface area contributed by atoms with Gasteiger partial charge in [0.15, 0.2) is 0 Å². The highest BCUT2D eigenvalue weighted by Crippen LogP contribution is 2.22. The average molecular weight is 270 g/mol. The number of halogens is 1. The van der Waals surface area contributed by atoms with Crippen LogP contribution in [0.4, 0.5) is 0 Å². The third kappa shape index (κ3) is 3.09. The number of rotatable bonds is 4. The van der Waals surface area contributed by atoms with E-state index in [4.69, 9.17) is 4.74 Å². The second kappa shape index (κ2) is 5.56. The molecule has 1 amide bonds. The maximum Gasteiger partial charge on any atom is 0.252 e. The van der Waals surface area contributed by atoms with Gasteiger partial charge in [-0.2, -0.15) is 0 Å². The van der Waals surface area contributed by atoms with E-state index in [-0.39, 0.29) is 5.91 Å². The Labute approximate surface area is 97.3 Å². The van der Waals surface area contributed by atoms with Gasteiger partial charge in [-0.25, -0.2) is 0 Å². The predicted octanol–water partition coefficient (Wildman–Crippen LogP) is 2.37. The van der Waals surface area contributed by atoms with Gasteiger partial charge in [0, 0.05) is 11.0 Å². The summed E-state index contributed by atoms with van der Waals surface area (Å²) in [5, 5.41) is 2.70. The van der Waals surface area contributed by atoms with Crippen LogP contribution in [0.15, 0.2) is 35.3 Å². The summed E-state index contributed by atoms with van der Waals surface area (Å²) >= 11 is 3.31. The summed E-state index contributed by atoms with van der Waals surface area (Å²) in [4.78, 5) is 11.6. The molecule has 0 heterocycles. The van der Waals surface area contributed by atoms with E-state index in [1.165, 1.54) is 0 Å². The fraction of sp³-hybridized carbons (Fsp3) is 0.182. The van der Waals surface area contributed by atoms with Crippen molar-refractivity contribution < 1.29 is 9.53 Å². The molecule has 15 heavy (non-hydrogen) atoms. The third-order valence-corrected chi connectivity index (χ3v) is 2.52. The molecule has 0 fully saturated rings. The number of amides is 1. The number of hydrogen-bond acceptors (Lipinski definition) is 2. The van der Waals surface area contributed by atoms with E-state index in [1.807, 2.05) is 0 Å². The summed E-state index contributed by atoms with van der Waals surface area (Å²) in [6.07, 6.45) is 1.63. The van der Waals surface area contributed by atoms with Gasteiger partial charge in [0.05, 0.1) is 12.7 Å². The standard InChI is InChI=1S/C11H12BrNO2/c1-3-6-13-11(14)9-7-8(15-2)4-5-10(9)12/h3-5,7H,1,6H2,2H3,(H,13,14). The lowest BCUT2D eigenvalue weighted by Gasteiger charge is -2.06. The van der Waals surface area contributed by atoms with Gasteiger partial charge < -0.3 is 10.1 Å². The van der Waals surface area contributed by atoms with Crippen molar-refractivity contribution in [3.8, 4) is 5.75 Å². The van der Waals surface area contributed by atoms with Crippen LogP contribution in [-0.2, 0) is 0 Å². The molecule has 0 saturated carbocycles. The molecule has 0 bridgehead atoms. The molecule has 1 rings (SSSR count). The lowest BCUT2D eigenvalue weighted by Crippen LogP contribution is -2.23. The summed E-state index contributed by atoms with van der Waals surface area (Å²) < 4.78 is 5.78. The van der Waals surface area contributed by atoms with Crippen molar-refractivity contribution in [3.05, 3.63) is 40.9 Å². The van der Waals surface area contributed by atoms with Gasteiger partial charge in [-0.3, -0.25) is 4.79 Å². The second-order valence-corrected chi connectivity index (χ2v) is 3.70. The van der Waals surface area contributed by atoms with Gasteiger partial charge in [-0.05, 0) is 34.1 Å². The number of carbonyl (C=O) groups excluding carboxylic acids is 1. The summed E-state index contributed by atoms with van der Waals surface area (Å²) in [7, 11) is 1.56. The van der Waals surface area contributed by atoms with Gasteiger partial charge in [0.1, 0.15) is 5.75 Å². The maximum absolute atomic E-state index is 11.6. The van der Waals surface area contributed by atoms with Crippen LogP contribution in [-0.4, -0.2) is 19.6 Å². The molecule has 0 aliphatic carbocycles. The molecule has 0 aliphatic heterocycles. The van der Waals surface area contributed by atoms with Gasteiger partial charge >= 0.3 is 0 Å². The number of methoxy groups -OCH3 is 1. The Morgan fingerprint density at radius 2 is 2.40 bits per heavy atom. The zero-order chi connectivity index (χ0) is 11.3. The zero-order valence-corrected chi connectivity index (χ0v) is 10.0. The molecule has 0 radical (unpaired) electrons. The smallest absolute Gasteiger partial charge is 0.252 e. The van der Waals surface area contributed by atoms with Crippen LogP contribution in [0, 0.1) is 0 Å². The lowest BCUT2D eigenvalue weighted by molar-refractivity contribution is 0.0957.